The molecule has 0 spiro atoms. The molecule has 0 aromatic carbocycles. The summed E-state index contributed by atoms with van der Waals surface area (Å²) in [6, 6.07) is 0. The number of carbonyl (C=O) groups excluding carboxylic acids is 1. The topological polar surface area (TPSA) is 67.6 Å². The van der Waals surface area contributed by atoms with Crippen molar-refractivity contribution in [3.8, 4) is 0 Å². The Balaban J connectivity index is 2.75. The Morgan fingerprint density at radius 3 is 2.12 bits per heavy atom. The maximum Gasteiger partial charge on any atom is 0.421 e. The summed E-state index contributed by atoms with van der Waals surface area (Å²) in [7, 11) is 2.11. The highest BCUT2D eigenvalue weighted by atomic mass is 16.6. The third-order valence-corrected chi connectivity index (χ3v) is 3.66. The Labute approximate surface area is 97.3 Å². The van der Waals surface area contributed by atoms with Gasteiger partial charge in [-0.25, -0.2) is 10.6 Å². The van der Waals surface area contributed by atoms with Gasteiger partial charge in [-0.2, -0.15) is 0 Å². The molecule has 0 atom stereocenters. The smallest absolute Gasteiger partial charge is 0.421 e. The molecule has 0 aromatic rings. The maximum absolute atomic E-state index is 11.1. The molecule has 94 valence electrons. The second-order valence-electron chi connectivity index (χ2n) is 5.76. The molecule has 1 aliphatic rings. The highest BCUT2D eigenvalue weighted by Gasteiger charge is 2.44. The molecule has 1 rings (SSSR count). The van der Waals surface area contributed by atoms with Crippen LogP contribution in [0.25, 0.3) is 0 Å². The lowest BCUT2D eigenvalue weighted by molar-refractivity contribution is -0.0681. The van der Waals surface area contributed by atoms with Crippen LogP contribution >= 0.6 is 0 Å². The molecule has 1 amide bonds. The average Bonchev–Trinajstić information content (AvgIpc) is 2.13. The summed E-state index contributed by atoms with van der Waals surface area (Å²) in [5.74, 6) is 5.02. The summed E-state index contributed by atoms with van der Waals surface area (Å²) in [4.78, 5) is 13.4. The van der Waals surface area contributed by atoms with Crippen LogP contribution in [0.3, 0.4) is 0 Å². The first-order chi connectivity index (χ1) is 7.19. The van der Waals surface area contributed by atoms with Crippen LogP contribution < -0.4 is 11.3 Å². The fourth-order valence-corrected chi connectivity index (χ4v) is 2.55. The van der Waals surface area contributed by atoms with E-state index in [1.54, 1.807) is 0 Å². The predicted molar refractivity (Wildman–Crippen MR) is 62.7 cm³/mol. The number of carbonyl (C=O) groups is 1. The number of likely N-dealkylation sites (tertiary alicyclic amines) is 1. The molecular formula is C11H23N3O2. The van der Waals surface area contributed by atoms with Gasteiger partial charge in [0.15, 0.2) is 0 Å². The van der Waals surface area contributed by atoms with Crippen molar-refractivity contribution >= 4 is 6.09 Å². The predicted octanol–water partition coefficient (Wildman–Crippen LogP) is 1.24. The normalized spacial score (nSPS) is 25.1. The number of amides is 1. The Morgan fingerprint density at radius 1 is 1.31 bits per heavy atom. The number of nitrogens with two attached hydrogens (primary N) is 1. The molecule has 1 saturated heterocycles. The minimum atomic E-state index is -0.554. The van der Waals surface area contributed by atoms with Crippen LogP contribution in [0.5, 0.6) is 0 Å². The summed E-state index contributed by atoms with van der Waals surface area (Å²) in [6.45, 7) is 8.63. The number of hydrazine groups is 1. The van der Waals surface area contributed by atoms with Crippen molar-refractivity contribution in [1.82, 2.24) is 10.3 Å². The molecule has 0 saturated carbocycles. The van der Waals surface area contributed by atoms with Gasteiger partial charge < -0.3 is 4.74 Å². The molecule has 0 bridgehead atoms. The monoisotopic (exact) mass is 229 g/mol. The van der Waals surface area contributed by atoms with E-state index in [0.717, 1.165) is 12.8 Å². The van der Waals surface area contributed by atoms with Crippen molar-refractivity contribution < 1.29 is 9.53 Å². The molecule has 0 unspecified atom stereocenters. The summed E-state index contributed by atoms with van der Waals surface area (Å²) >= 11 is 0. The first-order valence-electron chi connectivity index (χ1n) is 5.60. The molecule has 1 fully saturated rings. The fraction of sp³-hybridized carbons (Fsp3) is 0.909. The molecule has 1 heterocycles. The highest BCUT2D eigenvalue weighted by Crippen LogP contribution is 2.37. The lowest BCUT2D eigenvalue weighted by atomic mass is 9.79. The third kappa shape index (κ3) is 2.65. The van der Waals surface area contributed by atoms with E-state index in [1.165, 1.54) is 0 Å². The Morgan fingerprint density at radius 2 is 1.75 bits per heavy atom. The number of ether oxygens (including phenoxy) is 1. The van der Waals surface area contributed by atoms with Gasteiger partial charge >= 0.3 is 6.09 Å². The first kappa shape index (κ1) is 13.3. The highest BCUT2D eigenvalue weighted by molar-refractivity contribution is 5.66. The van der Waals surface area contributed by atoms with E-state index in [0.29, 0.717) is 0 Å². The van der Waals surface area contributed by atoms with Crippen LogP contribution in [0.4, 0.5) is 4.79 Å². The van der Waals surface area contributed by atoms with Gasteiger partial charge in [-0.15, -0.1) is 0 Å². The number of nitrogens with one attached hydrogen (secondary N) is 1. The minimum absolute atomic E-state index is 0.0152. The van der Waals surface area contributed by atoms with E-state index in [9.17, 15) is 4.79 Å². The summed E-state index contributed by atoms with van der Waals surface area (Å²) in [5, 5.41) is 0. The van der Waals surface area contributed by atoms with Crippen LogP contribution in [0.2, 0.25) is 0 Å². The standard InChI is InChI=1S/C11H23N3O2/c1-10(2)6-8(16-9(15)13-12)7-11(3,4)14(10)5/h8H,6-7,12H2,1-5H3,(H,13,15). The number of piperidine rings is 1. The maximum atomic E-state index is 11.1. The summed E-state index contributed by atoms with van der Waals surface area (Å²) < 4.78 is 5.26. The molecule has 5 nitrogen and oxygen atoms in total. The Hall–Kier alpha value is -0.810. The zero-order valence-electron chi connectivity index (χ0n) is 10.8. The van der Waals surface area contributed by atoms with Crippen LogP contribution in [0.15, 0.2) is 0 Å². The largest absolute Gasteiger partial charge is 0.445 e. The van der Waals surface area contributed by atoms with Crippen LogP contribution in [-0.2, 0) is 4.74 Å². The van der Waals surface area contributed by atoms with Crippen LogP contribution in [-0.4, -0.2) is 35.2 Å². The van der Waals surface area contributed by atoms with E-state index in [2.05, 4.69) is 39.6 Å². The average molecular weight is 229 g/mol. The molecule has 16 heavy (non-hydrogen) atoms. The molecule has 1 aliphatic heterocycles. The second kappa shape index (κ2) is 4.22. The molecule has 0 aromatic heterocycles. The Bertz CT molecular complexity index is 258. The Kier molecular flexibility index (Phi) is 3.50. The van der Waals surface area contributed by atoms with Crippen molar-refractivity contribution in [2.75, 3.05) is 7.05 Å². The summed E-state index contributed by atoms with van der Waals surface area (Å²) in [6.07, 6.45) is 1.01. The first-order valence-corrected chi connectivity index (χ1v) is 5.60. The second-order valence-corrected chi connectivity index (χ2v) is 5.76. The molecule has 5 heteroatoms. The van der Waals surface area contributed by atoms with E-state index in [-0.39, 0.29) is 17.2 Å². The minimum Gasteiger partial charge on any atom is -0.445 e. The van der Waals surface area contributed by atoms with Gasteiger partial charge in [-0.1, -0.05) is 0 Å². The van der Waals surface area contributed by atoms with Gasteiger partial charge in [0.2, 0.25) is 0 Å². The molecule has 0 radical (unpaired) electrons. The van der Waals surface area contributed by atoms with E-state index < -0.39 is 6.09 Å². The van der Waals surface area contributed by atoms with Gasteiger partial charge in [0.25, 0.3) is 0 Å². The van der Waals surface area contributed by atoms with E-state index in [1.807, 2.05) is 5.43 Å². The number of rotatable bonds is 1. The van der Waals surface area contributed by atoms with Crippen molar-refractivity contribution in [3.63, 3.8) is 0 Å². The quantitative estimate of drug-likeness (QED) is 0.403. The lowest BCUT2D eigenvalue weighted by Gasteiger charge is -2.53. The van der Waals surface area contributed by atoms with Crippen molar-refractivity contribution in [2.24, 2.45) is 5.84 Å². The van der Waals surface area contributed by atoms with E-state index >= 15 is 0 Å². The van der Waals surface area contributed by atoms with E-state index in [4.69, 9.17) is 10.6 Å². The van der Waals surface area contributed by atoms with Gasteiger partial charge in [0.05, 0.1) is 0 Å². The van der Waals surface area contributed by atoms with Crippen molar-refractivity contribution in [1.29, 1.82) is 0 Å². The van der Waals surface area contributed by atoms with Gasteiger partial charge in [-0.05, 0) is 34.7 Å². The van der Waals surface area contributed by atoms with Crippen molar-refractivity contribution in [2.45, 2.75) is 57.7 Å². The zero-order valence-corrected chi connectivity index (χ0v) is 10.8. The number of nitrogens with zero attached hydrogens (tertiary/aromatic N) is 1. The van der Waals surface area contributed by atoms with Gasteiger partial charge in [0, 0.05) is 23.9 Å². The fourth-order valence-electron chi connectivity index (χ4n) is 2.55. The lowest BCUT2D eigenvalue weighted by Crippen LogP contribution is -2.60. The third-order valence-electron chi connectivity index (χ3n) is 3.66. The number of hydrogen-bond donors (Lipinski definition) is 2. The van der Waals surface area contributed by atoms with Gasteiger partial charge in [-0.3, -0.25) is 10.3 Å². The molecule has 3 N–H and O–H groups in total. The molecular weight excluding hydrogens is 206 g/mol. The zero-order chi connectivity index (χ0) is 12.6. The molecule has 0 aliphatic carbocycles. The summed E-state index contributed by atoms with van der Waals surface area (Å²) in [5.41, 5.74) is 2.03. The van der Waals surface area contributed by atoms with Gasteiger partial charge in [0.1, 0.15) is 6.10 Å². The van der Waals surface area contributed by atoms with Crippen LogP contribution in [0.1, 0.15) is 40.5 Å². The van der Waals surface area contributed by atoms with Crippen LogP contribution in [0, 0.1) is 0 Å². The SMILES string of the molecule is CN1C(C)(C)CC(OC(=O)NN)CC1(C)C. The number of hydrogen-bond acceptors (Lipinski definition) is 4. The van der Waals surface area contributed by atoms with Crippen molar-refractivity contribution in [3.05, 3.63) is 0 Å².